The van der Waals surface area contributed by atoms with Gasteiger partial charge in [0.15, 0.2) is 0 Å². The second-order valence-corrected chi connectivity index (χ2v) is 9.14. The maximum Gasteiger partial charge on any atom is 0.254 e. The molecule has 2 heterocycles. The molecule has 0 bridgehead atoms. The van der Waals surface area contributed by atoms with E-state index in [0.717, 1.165) is 30.1 Å². The summed E-state index contributed by atoms with van der Waals surface area (Å²) in [6.45, 7) is 3.70. The van der Waals surface area contributed by atoms with E-state index in [1.54, 1.807) is 0 Å². The number of nitrogens with one attached hydrogen (secondary N) is 1. The zero-order chi connectivity index (χ0) is 16.9. The summed E-state index contributed by atoms with van der Waals surface area (Å²) < 4.78 is 0. The smallest absolute Gasteiger partial charge is 0.254 e. The van der Waals surface area contributed by atoms with E-state index in [2.05, 4.69) is 9.88 Å². The molecule has 0 atom stereocenters. The summed E-state index contributed by atoms with van der Waals surface area (Å²) in [5.41, 5.74) is 2.56. The van der Waals surface area contributed by atoms with Crippen LogP contribution in [-0.2, 0) is 11.8 Å². The van der Waals surface area contributed by atoms with E-state index in [1.165, 1.54) is 83.1 Å². The number of likely N-dealkylation sites (tertiary alicyclic amines) is 1. The maximum absolute atomic E-state index is 12.5. The van der Waals surface area contributed by atoms with Crippen molar-refractivity contribution in [1.29, 1.82) is 0 Å². The predicted octanol–water partition coefficient (Wildman–Crippen LogP) is 3.51. The Morgan fingerprint density at radius 1 is 1.04 bits per heavy atom. The zero-order valence-electron chi connectivity index (χ0n) is 15.4. The van der Waals surface area contributed by atoms with Gasteiger partial charge in [0.1, 0.15) is 5.82 Å². The van der Waals surface area contributed by atoms with Crippen LogP contribution in [0.1, 0.15) is 87.2 Å². The molecule has 2 saturated carbocycles. The minimum atomic E-state index is 0.161. The highest BCUT2D eigenvalue weighted by Crippen LogP contribution is 2.46. The lowest BCUT2D eigenvalue weighted by atomic mass is 9.75. The number of piperidine rings is 1. The summed E-state index contributed by atoms with van der Waals surface area (Å²) in [5, 5.41) is 0. The molecule has 1 N–H and O–H groups in total. The first-order valence-corrected chi connectivity index (χ1v) is 10.6. The lowest BCUT2D eigenvalue weighted by Crippen LogP contribution is -2.44. The van der Waals surface area contributed by atoms with Gasteiger partial charge in [-0.15, -0.1) is 0 Å². The second-order valence-electron chi connectivity index (χ2n) is 9.14. The first-order valence-electron chi connectivity index (χ1n) is 10.6. The zero-order valence-corrected chi connectivity index (χ0v) is 15.4. The predicted molar refractivity (Wildman–Crippen MR) is 99.1 cm³/mol. The van der Waals surface area contributed by atoms with Crippen LogP contribution in [0.5, 0.6) is 0 Å². The highest BCUT2D eigenvalue weighted by atomic mass is 16.1. The van der Waals surface area contributed by atoms with Crippen LogP contribution in [0.4, 0.5) is 0 Å². The van der Waals surface area contributed by atoms with Crippen molar-refractivity contribution < 1.29 is 0 Å². The molecule has 0 unspecified atom stereocenters. The summed E-state index contributed by atoms with van der Waals surface area (Å²) in [4.78, 5) is 23.3. The van der Waals surface area contributed by atoms with Crippen molar-refractivity contribution in [2.24, 2.45) is 5.92 Å². The van der Waals surface area contributed by atoms with E-state index in [4.69, 9.17) is 4.98 Å². The van der Waals surface area contributed by atoms with Crippen molar-refractivity contribution in [3.05, 3.63) is 27.4 Å². The number of fused-ring (bicyclic) bond motifs is 2. The van der Waals surface area contributed by atoms with Gasteiger partial charge in [-0.1, -0.05) is 19.3 Å². The number of H-pyrrole nitrogens is 1. The van der Waals surface area contributed by atoms with E-state index >= 15 is 0 Å². The topological polar surface area (TPSA) is 49.0 Å². The van der Waals surface area contributed by atoms with Gasteiger partial charge in [-0.25, -0.2) is 4.98 Å². The first-order chi connectivity index (χ1) is 12.2. The molecule has 3 fully saturated rings. The van der Waals surface area contributed by atoms with Crippen LogP contribution in [0.2, 0.25) is 0 Å². The van der Waals surface area contributed by atoms with Gasteiger partial charge in [-0.3, -0.25) is 4.79 Å². The van der Waals surface area contributed by atoms with E-state index < -0.39 is 0 Å². The molecular formula is C21H31N3O. The first kappa shape index (κ1) is 16.0. The Morgan fingerprint density at radius 2 is 1.80 bits per heavy atom. The Morgan fingerprint density at radius 3 is 2.52 bits per heavy atom. The number of hydrogen-bond acceptors (Lipinski definition) is 3. The molecule has 1 aliphatic heterocycles. The molecule has 4 heteroatoms. The van der Waals surface area contributed by atoms with E-state index in [-0.39, 0.29) is 11.0 Å². The van der Waals surface area contributed by atoms with Crippen LogP contribution in [0.25, 0.3) is 0 Å². The standard InChI is InChI=1S/C21H31N3O/c25-20-17-8-9-21(18(17)22-19(23-20)16-6-7-16)10-12-24(13-11-21)14-15-4-2-1-3-5-15/h15-16H,1-14H2,(H,22,23,25). The molecule has 1 saturated heterocycles. The molecule has 0 radical (unpaired) electrons. The van der Waals surface area contributed by atoms with E-state index in [0.29, 0.717) is 5.92 Å². The SMILES string of the molecule is O=c1[nH]c(C2CC2)nc2c1CCC21CCN(CC2CCCCC2)CC1. The third-order valence-corrected chi connectivity index (χ3v) is 7.41. The highest BCUT2D eigenvalue weighted by Gasteiger charge is 2.44. The van der Waals surface area contributed by atoms with Gasteiger partial charge in [0, 0.05) is 23.4 Å². The van der Waals surface area contributed by atoms with Crippen molar-refractivity contribution in [3.63, 3.8) is 0 Å². The minimum Gasteiger partial charge on any atom is -0.310 e. The van der Waals surface area contributed by atoms with Gasteiger partial charge >= 0.3 is 0 Å². The second kappa shape index (κ2) is 6.22. The highest BCUT2D eigenvalue weighted by molar-refractivity contribution is 5.34. The van der Waals surface area contributed by atoms with E-state index in [9.17, 15) is 4.79 Å². The number of hydrogen-bond donors (Lipinski definition) is 1. The van der Waals surface area contributed by atoms with Crippen molar-refractivity contribution in [2.75, 3.05) is 19.6 Å². The van der Waals surface area contributed by atoms with Crippen molar-refractivity contribution >= 4 is 0 Å². The fourth-order valence-electron chi connectivity index (χ4n) is 5.60. The Bertz CT molecular complexity index is 692. The number of nitrogens with zero attached hydrogens (tertiary/aromatic N) is 2. The van der Waals surface area contributed by atoms with Gasteiger partial charge < -0.3 is 9.88 Å². The third kappa shape index (κ3) is 2.97. The minimum absolute atomic E-state index is 0.161. The fourth-order valence-corrected chi connectivity index (χ4v) is 5.60. The molecular weight excluding hydrogens is 310 g/mol. The molecule has 5 rings (SSSR count). The molecule has 1 aromatic heterocycles. The van der Waals surface area contributed by atoms with Crippen LogP contribution in [0.3, 0.4) is 0 Å². The summed E-state index contributed by atoms with van der Waals surface area (Å²) >= 11 is 0. The summed E-state index contributed by atoms with van der Waals surface area (Å²) in [5.74, 6) is 2.44. The Labute approximate surface area is 150 Å². The molecule has 4 aliphatic rings. The Balaban J connectivity index is 1.31. The number of rotatable bonds is 3. The normalized spacial score (nSPS) is 26.9. The van der Waals surface area contributed by atoms with Gasteiger partial charge in [-0.05, 0) is 70.4 Å². The fraction of sp³-hybridized carbons (Fsp3) is 0.810. The average Bonchev–Trinajstić information content (AvgIpc) is 3.43. The van der Waals surface area contributed by atoms with Crippen molar-refractivity contribution in [3.8, 4) is 0 Å². The molecule has 1 aromatic rings. The molecule has 3 aliphatic carbocycles. The molecule has 0 amide bonds. The maximum atomic E-state index is 12.5. The van der Waals surface area contributed by atoms with Crippen LogP contribution < -0.4 is 5.56 Å². The number of aromatic amines is 1. The van der Waals surface area contributed by atoms with Gasteiger partial charge in [-0.2, -0.15) is 0 Å². The molecule has 4 nitrogen and oxygen atoms in total. The van der Waals surface area contributed by atoms with Crippen LogP contribution in [0.15, 0.2) is 4.79 Å². The van der Waals surface area contributed by atoms with Gasteiger partial charge in [0.2, 0.25) is 0 Å². The van der Waals surface area contributed by atoms with Gasteiger partial charge in [0.05, 0.1) is 5.69 Å². The molecule has 25 heavy (non-hydrogen) atoms. The molecule has 136 valence electrons. The van der Waals surface area contributed by atoms with E-state index in [1.807, 2.05) is 0 Å². The molecule has 0 aromatic carbocycles. The number of aromatic nitrogens is 2. The summed E-state index contributed by atoms with van der Waals surface area (Å²) in [6.07, 6.45) is 14.1. The Kier molecular flexibility index (Phi) is 3.99. The van der Waals surface area contributed by atoms with Crippen LogP contribution >= 0.6 is 0 Å². The molecule has 1 spiro atoms. The van der Waals surface area contributed by atoms with Crippen LogP contribution in [0, 0.1) is 5.92 Å². The lowest BCUT2D eigenvalue weighted by Gasteiger charge is -2.41. The summed E-state index contributed by atoms with van der Waals surface area (Å²) in [7, 11) is 0. The van der Waals surface area contributed by atoms with Crippen molar-refractivity contribution in [2.45, 2.75) is 82.0 Å². The van der Waals surface area contributed by atoms with Crippen LogP contribution in [-0.4, -0.2) is 34.5 Å². The van der Waals surface area contributed by atoms with Gasteiger partial charge in [0.25, 0.3) is 5.56 Å². The largest absolute Gasteiger partial charge is 0.310 e. The lowest BCUT2D eigenvalue weighted by molar-refractivity contribution is 0.126. The monoisotopic (exact) mass is 341 g/mol. The average molecular weight is 341 g/mol. The quantitative estimate of drug-likeness (QED) is 0.915. The van der Waals surface area contributed by atoms with Crippen molar-refractivity contribution in [1.82, 2.24) is 14.9 Å². The summed E-state index contributed by atoms with van der Waals surface area (Å²) in [6, 6.07) is 0. The third-order valence-electron chi connectivity index (χ3n) is 7.41. The Hall–Kier alpha value is -1.16.